The van der Waals surface area contributed by atoms with Gasteiger partial charge < -0.3 is 34.9 Å². The van der Waals surface area contributed by atoms with E-state index in [0.29, 0.717) is 49.0 Å². The van der Waals surface area contributed by atoms with Crippen LogP contribution < -0.4 is 21.3 Å². The van der Waals surface area contributed by atoms with Crippen molar-refractivity contribution in [1.82, 2.24) is 44.9 Å². The van der Waals surface area contributed by atoms with Gasteiger partial charge in [-0.2, -0.15) is 0 Å². The Labute approximate surface area is 338 Å². The highest BCUT2D eigenvalue weighted by atomic mass is 16.5. The number of hydrogen-bond acceptors (Lipinski definition) is 14. The highest BCUT2D eigenvalue weighted by molar-refractivity contribution is 6.23. The molecule has 3 aliphatic heterocycles. The molecule has 1 unspecified atom stereocenters. The van der Waals surface area contributed by atoms with E-state index < -0.39 is 29.7 Å². The van der Waals surface area contributed by atoms with Crippen LogP contribution in [-0.4, -0.2) is 134 Å². The quantitative estimate of drug-likeness (QED) is 0.0988. The van der Waals surface area contributed by atoms with Gasteiger partial charge in [0.1, 0.15) is 30.2 Å². The lowest BCUT2D eigenvalue weighted by atomic mass is 9.86. The number of nitrogens with zero attached hydrogens (tertiary/aromatic N) is 7. The van der Waals surface area contributed by atoms with Crippen molar-refractivity contribution < 1.29 is 38.2 Å². The number of ether oxygens (including phenoxy) is 2. The molecule has 4 aromatic rings. The Balaban J connectivity index is 0.705. The average molecular weight is 808 g/mol. The van der Waals surface area contributed by atoms with Gasteiger partial charge in [-0.25, -0.2) is 19.9 Å². The van der Waals surface area contributed by atoms with Crippen LogP contribution in [0.15, 0.2) is 49.1 Å². The molecule has 6 amide bonds. The predicted molar refractivity (Wildman–Crippen MR) is 210 cm³/mol. The zero-order chi connectivity index (χ0) is 41.0. The normalized spacial score (nSPS) is 20.7. The van der Waals surface area contributed by atoms with Gasteiger partial charge in [-0.15, -0.1) is 0 Å². The number of pyridine rings is 1. The van der Waals surface area contributed by atoms with Crippen LogP contribution >= 0.6 is 0 Å². The molecule has 308 valence electrons. The van der Waals surface area contributed by atoms with E-state index in [0.717, 1.165) is 41.9 Å². The van der Waals surface area contributed by atoms with Crippen molar-refractivity contribution in [2.45, 2.75) is 69.6 Å². The van der Waals surface area contributed by atoms with E-state index in [1.807, 2.05) is 23.6 Å². The fourth-order valence-corrected chi connectivity index (χ4v) is 7.87. The summed E-state index contributed by atoms with van der Waals surface area (Å²) in [6.07, 6.45) is 6.47. The minimum absolute atomic E-state index is 0.0457. The van der Waals surface area contributed by atoms with Gasteiger partial charge in [-0.3, -0.25) is 39.0 Å². The van der Waals surface area contributed by atoms with Crippen LogP contribution in [0.4, 0.5) is 11.5 Å². The number of carbonyl (C=O) groups excluding carboxylic acids is 6. The van der Waals surface area contributed by atoms with Crippen molar-refractivity contribution in [1.29, 1.82) is 0 Å². The Morgan fingerprint density at radius 1 is 0.898 bits per heavy atom. The van der Waals surface area contributed by atoms with E-state index in [9.17, 15) is 28.8 Å². The number of hydrogen-bond donors (Lipinski definition) is 4. The molecule has 4 aliphatic rings. The van der Waals surface area contributed by atoms with Crippen LogP contribution in [0.2, 0.25) is 0 Å². The molecule has 0 spiro atoms. The molecule has 19 nitrogen and oxygen atoms in total. The number of rotatable bonds is 15. The summed E-state index contributed by atoms with van der Waals surface area (Å²) in [4.78, 5) is 95.9. The third-order valence-corrected chi connectivity index (χ3v) is 11.1. The number of nitrogens with one attached hydrogen (secondary N) is 4. The molecule has 2 saturated heterocycles. The zero-order valence-corrected chi connectivity index (χ0v) is 32.5. The number of aryl methyl sites for hydroxylation is 1. The van der Waals surface area contributed by atoms with Gasteiger partial charge in [0.2, 0.25) is 17.7 Å². The number of aromatic nitrogens is 5. The molecule has 19 heteroatoms. The van der Waals surface area contributed by atoms with Crippen molar-refractivity contribution in [3.05, 3.63) is 71.6 Å². The Hall–Kier alpha value is -6.34. The number of carbonyl (C=O) groups is 6. The van der Waals surface area contributed by atoms with Gasteiger partial charge in [0.15, 0.2) is 11.5 Å². The monoisotopic (exact) mass is 807 g/mol. The molecular weight excluding hydrogens is 763 g/mol. The average Bonchev–Trinajstić information content (AvgIpc) is 3.75. The van der Waals surface area contributed by atoms with Gasteiger partial charge in [-0.05, 0) is 69.4 Å². The van der Waals surface area contributed by atoms with Gasteiger partial charge in [-0.1, -0.05) is 6.07 Å². The van der Waals surface area contributed by atoms with Crippen LogP contribution in [0.5, 0.6) is 0 Å². The predicted octanol–water partition coefficient (Wildman–Crippen LogP) is 1.61. The summed E-state index contributed by atoms with van der Waals surface area (Å²) in [5.74, 6) is -1.80. The molecule has 59 heavy (non-hydrogen) atoms. The highest BCUT2D eigenvalue weighted by Crippen LogP contribution is 2.35. The standard InChI is InChI=1S/C40H45N11O8/c1-23-3-2-4-30(45-23)37(54)47-26-17-27(18-26)50-22-44-34-35(42-21-43-36(34)50)46-24-9-12-49(13-10-24)33(53)20-59-16-15-58-14-11-41-25-5-6-28-29(19-25)40(57)51(39(28)56)31-7-8-32(52)48-38(31)55/h2-6,19,21-22,24,26-27,31,41H,7-18,20H2,1H3,(H,47,54)(H,42,43,46)(H,48,52,55). The van der Waals surface area contributed by atoms with E-state index in [2.05, 4.69) is 41.2 Å². The summed E-state index contributed by atoms with van der Waals surface area (Å²) in [7, 11) is 0. The van der Waals surface area contributed by atoms with Crippen molar-refractivity contribution in [2.24, 2.45) is 0 Å². The maximum absolute atomic E-state index is 13.0. The molecule has 4 N–H and O–H groups in total. The number of likely N-dealkylation sites (tertiary alicyclic amines) is 1. The first-order valence-electron chi connectivity index (χ1n) is 19.8. The fourth-order valence-electron chi connectivity index (χ4n) is 7.87. The summed E-state index contributed by atoms with van der Waals surface area (Å²) in [6.45, 7) is 4.24. The number of imidazole rings is 1. The number of piperidine rings is 2. The lowest BCUT2D eigenvalue weighted by Gasteiger charge is -2.36. The minimum Gasteiger partial charge on any atom is -0.383 e. The number of fused-ring (bicyclic) bond motifs is 2. The van der Waals surface area contributed by atoms with E-state index in [4.69, 9.17) is 9.47 Å². The molecule has 8 rings (SSSR count). The zero-order valence-electron chi connectivity index (χ0n) is 32.5. The lowest BCUT2D eigenvalue weighted by molar-refractivity contribution is -0.138. The van der Waals surface area contributed by atoms with Crippen LogP contribution in [0.1, 0.15) is 81.5 Å². The maximum atomic E-state index is 13.0. The Morgan fingerprint density at radius 3 is 2.49 bits per heavy atom. The number of anilines is 2. The molecule has 3 aromatic heterocycles. The van der Waals surface area contributed by atoms with Gasteiger partial charge in [0, 0.05) is 55.6 Å². The Bertz CT molecular complexity index is 2280. The first kappa shape index (κ1) is 39.5. The van der Waals surface area contributed by atoms with Gasteiger partial charge >= 0.3 is 0 Å². The molecular formula is C40H45N11O8. The van der Waals surface area contributed by atoms with Gasteiger partial charge in [0.25, 0.3) is 17.7 Å². The minimum atomic E-state index is -1.02. The maximum Gasteiger partial charge on any atom is 0.270 e. The molecule has 1 atom stereocenters. The van der Waals surface area contributed by atoms with Crippen LogP contribution in [0, 0.1) is 6.92 Å². The first-order valence-corrected chi connectivity index (χ1v) is 19.8. The number of benzene rings is 1. The van der Waals surface area contributed by atoms with Crippen LogP contribution in [-0.2, 0) is 23.9 Å². The summed E-state index contributed by atoms with van der Waals surface area (Å²) in [5.41, 5.74) is 3.65. The van der Waals surface area contributed by atoms with Crippen LogP contribution in [0.3, 0.4) is 0 Å². The summed E-state index contributed by atoms with van der Waals surface area (Å²) < 4.78 is 13.3. The summed E-state index contributed by atoms with van der Waals surface area (Å²) >= 11 is 0. The highest BCUT2D eigenvalue weighted by Gasteiger charge is 2.44. The van der Waals surface area contributed by atoms with E-state index in [1.54, 1.807) is 35.5 Å². The molecule has 3 fully saturated rings. The molecule has 0 bridgehead atoms. The SMILES string of the molecule is Cc1cccc(C(=O)NC2CC(n3cnc4c(NC5CCN(C(=O)COCCOCCNc6ccc7c(c6)C(=O)N(C6CCC(=O)NC6=O)C7=O)CC5)ncnc43)C2)n1. The van der Waals surface area contributed by atoms with Crippen molar-refractivity contribution in [2.75, 3.05) is 56.7 Å². The second-order valence-electron chi connectivity index (χ2n) is 15.1. The topological polar surface area (TPSA) is 232 Å². The second kappa shape index (κ2) is 17.3. The molecule has 1 aromatic carbocycles. The molecule has 1 aliphatic carbocycles. The van der Waals surface area contributed by atoms with Crippen molar-refractivity contribution in [3.8, 4) is 0 Å². The molecule has 6 heterocycles. The third kappa shape index (κ3) is 8.61. The molecule has 1 saturated carbocycles. The van der Waals surface area contributed by atoms with Crippen molar-refractivity contribution >= 4 is 58.1 Å². The smallest absolute Gasteiger partial charge is 0.270 e. The molecule has 0 radical (unpaired) electrons. The Kier molecular flexibility index (Phi) is 11.5. The van der Waals surface area contributed by atoms with Crippen LogP contribution in [0.25, 0.3) is 11.2 Å². The number of amides is 6. The largest absolute Gasteiger partial charge is 0.383 e. The fraction of sp³-hybridized carbons (Fsp3) is 0.450. The van der Waals surface area contributed by atoms with Crippen molar-refractivity contribution in [3.63, 3.8) is 0 Å². The lowest BCUT2D eigenvalue weighted by Crippen LogP contribution is -2.54. The van der Waals surface area contributed by atoms with E-state index >= 15 is 0 Å². The van der Waals surface area contributed by atoms with Gasteiger partial charge in [0.05, 0.1) is 37.3 Å². The summed E-state index contributed by atoms with van der Waals surface area (Å²) in [5, 5.41) is 11.9. The van der Waals surface area contributed by atoms with E-state index in [1.165, 1.54) is 6.33 Å². The van der Waals surface area contributed by atoms with E-state index in [-0.39, 0.29) is 73.7 Å². The second-order valence-corrected chi connectivity index (χ2v) is 15.1. The third-order valence-electron chi connectivity index (χ3n) is 11.1. The Morgan fingerprint density at radius 2 is 1.69 bits per heavy atom. The first-order chi connectivity index (χ1) is 28.6. The summed E-state index contributed by atoms with van der Waals surface area (Å²) in [6, 6.07) is 9.49. The number of imide groups is 2.